The van der Waals surface area contributed by atoms with Crippen molar-refractivity contribution in [1.29, 1.82) is 0 Å². The maximum Gasteiger partial charge on any atom is 0.573 e. The molecule has 9 nitrogen and oxygen atoms in total. The van der Waals surface area contributed by atoms with Crippen molar-refractivity contribution in [3.05, 3.63) is 30.1 Å². The molecule has 3 rings (SSSR count). The first-order valence-electron chi connectivity index (χ1n) is 8.70. The van der Waals surface area contributed by atoms with Crippen molar-refractivity contribution in [2.75, 3.05) is 16.8 Å². The number of ether oxygens (including phenoxy) is 1. The molecule has 3 amide bonds. The third-order valence-corrected chi connectivity index (χ3v) is 4.05. The number of carbonyl (C=O) groups excluding carboxylic acids is 2. The zero-order valence-electron chi connectivity index (χ0n) is 15.5. The van der Waals surface area contributed by atoms with Crippen LogP contribution in [0.3, 0.4) is 0 Å². The van der Waals surface area contributed by atoms with Crippen LogP contribution < -0.4 is 20.3 Å². The molecular weight excluding hydrogens is 395 g/mol. The van der Waals surface area contributed by atoms with Gasteiger partial charge in [0.2, 0.25) is 5.91 Å². The zero-order chi connectivity index (χ0) is 21.2. The number of aromatic nitrogens is 2. The second kappa shape index (κ2) is 7.97. The van der Waals surface area contributed by atoms with E-state index < -0.39 is 30.1 Å². The number of anilines is 2. The molecule has 1 saturated heterocycles. The van der Waals surface area contributed by atoms with Crippen molar-refractivity contribution < 1.29 is 32.0 Å². The molecule has 1 fully saturated rings. The fourth-order valence-electron chi connectivity index (χ4n) is 2.73. The Morgan fingerprint density at radius 2 is 2.14 bits per heavy atom. The van der Waals surface area contributed by atoms with Crippen LogP contribution in [0.25, 0.3) is 0 Å². The van der Waals surface area contributed by atoms with Gasteiger partial charge < -0.3 is 19.5 Å². The van der Waals surface area contributed by atoms with Crippen LogP contribution in [0.2, 0.25) is 0 Å². The van der Waals surface area contributed by atoms with Crippen molar-refractivity contribution in [3.8, 4) is 5.75 Å². The molecule has 1 unspecified atom stereocenters. The molecule has 1 atom stereocenters. The highest BCUT2D eigenvalue weighted by Crippen LogP contribution is 2.29. The second-order valence-electron chi connectivity index (χ2n) is 6.59. The van der Waals surface area contributed by atoms with Crippen molar-refractivity contribution >= 4 is 23.6 Å². The van der Waals surface area contributed by atoms with E-state index in [1.165, 1.54) is 17.0 Å². The Bertz CT molecular complexity index is 899. The van der Waals surface area contributed by atoms with Crippen LogP contribution in [0.1, 0.15) is 32.0 Å². The van der Waals surface area contributed by atoms with Gasteiger partial charge in [-0.3, -0.25) is 10.1 Å². The number of nitrogens with zero attached hydrogens (tertiary/aromatic N) is 3. The minimum absolute atomic E-state index is 0.0134. The maximum absolute atomic E-state index is 12.6. The molecule has 2 aromatic rings. The summed E-state index contributed by atoms with van der Waals surface area (Å²) < 4.78 is 45.9. The molecule has 156 valence electrons. The maximum atomic E-state index is 12.6. The van der Waals surface area contributed by atoms with Crippen molar-refractivity contribution in [1.82, 2.24) is 15.5 Å². The van der Waals surface area contributed by atoms with E-state index in [4.69, 9.17) is 4.52 Å². The first kappa shape index (κ1) is 20.4. The van der Waals surface area contributed by atoms with E-state index in [-0.39, 0.29) is 30.6 Å². The van der Waals surface area contributed by atoms with Crippen LogP contribution in [0, 0.1) is 0 Å². The molecule has 1 aliphatic rings. The number of nitrogens with one attached hydrogen (secondary N) is 2. The number of alkyl halides is 3. The summed E-state index contributed by atoms with van der Waals surface area (Å²) in [6.07, 6.45) is -4.56. The molecule has 29 heavy (non-hydrogen) atoms. The number of halogens is 3. The van der Waals surface area contributed by atoms with E-state index in [0.717, 1.165) is 12.1 Å². The number of benzene rings is 1. The van der Waals surface area contributed by atoms with Gasteiger partial charge in [-0.15, -0.1) is 13.2 Å². The zero-order valence-corrected chi connectivity index (χ0v) is 15.5. The number of urea groups is 1. The Labute approximate surface area is 163 Å². The topological polar surface area (TPSA) is 110 Å². The van der Waals surface area contributed by atoms with Gasteiger partial charge in [0.1, 0.15) is 11.8 Å². The van der Waals surface area contributed by atoms with E-state index in [1.54, 1.807) is 0 Å². The molecule has 0 saturated carbocycles. The molecule has 0 spiro atoms. The second-order valence-corrected chi connectivity index (χ2v) is 6.59. The fraction of sp³-hybridized carbons (Fsp3) is 0.412. The predicted molar refractivity (Wildman–Crippen MR) is 94.4 cm³/mol. The fourth-order valence-corrected chi connectivity index (χ4v) is 2.73. The van der Waals surface area contributed by atoms with Crippen molar-refractivity contribution in [3.63, 3.8) is 0 Å². The average molecular weight is 413 g/mol. The van der Waals surface area contributed by atoms with Gasteiger partial charge >= 0.3 is 18.4 Å². The summed E-state index contributed by atoms with van der Waals surface area (Å²) in [6, 6.07) is 3.41. The highest BCUT2D eigenvalue weighted by Gasteiger charge is 2.35. The van der Waals surface area contributed by atoms with Crippen LogP contribution in [0.4, 0.5) is 29.7 Å². The van der Waals surface area contributed by atoms with E-state index >= 15 is 0 Å². The molecular formula is C17H18F3N5O4. The molecule has 2 heterocycles. The quantitative estimate of drug-likeness (QED) is 0.780. The van der Waals surface area contributed by atoms with Crippen LogP contribution in [0.15, 0.2) is 28.8 Å². The SMILES string of the molecule is CC(C)c1noc(NC(=O)NC2CCN(c3cccc(OC(F)(F)F)c3)C2=O)n1. The number of carbonyl (C=O) groups is 2. The van der Waals surface area contributed by atoms with E-state index in [0.29, 0.717) is 5.82 Å². The third kappa shape index (κ3) is 5.15. The predicted octanol–water partition coefficient (Wildman–Crippen LogP) is 3.02. The third-order valence-electron chi connectivity index (χ3n) is 4.05. The summed E-state index contributed by atoms with van der Waals surface area (Å²) in [5.74, 6) is -0.462. The summed E-state index contributed by atoms with van der Waals surface area (Å²) >= 11 is 0. The van der Waals surface area contributed by atoms with E-state index in [1.807, 2.05) is 13.8 Å². The van der Waals surface area contributed by atoms with Gasteiger partial charge in [-0.1, -0.05) is 25.1 Å². The molecule has 1 aliphatic heterocycles. The molecule has 0 bridgehead atoms. The van der Waals surface area contributed by atoms with Gasteiger partial charge in [-0.25, -0.2) is 4.79 Å². The van der Waals surface area contributed by atoms with Gasteiger partial charge in [-0.05, 0) is 18.6 Å². The normalized spacial score (nSPS) is 17.0. The molecule has 0 radical (unpaired) electrons. The first-order chi connectivity index (χ1) is 13.6. The van der Waals surface area contributed by atoms with Gasteiger partial charge in [0.25, 0.3) is 0 Å². The molecule has 1 aromatic carbocycles. The van der Waals surface area contributed by atoms with Gasteiger partial charge in [-0.2, -0.15) is 4.98 Å². The summed E-state index contributed by atoms with van der Waals surface area (Å²) in [5, 5.41) is 8.54. The lowest BCUT2D eigenvalue weighted by Gasteiger charge is -2.18. The number of rotatable bonds is 5. The summed E-state index contributed by atoms with van der Waals surface area (Å²) in [7, 11) is 0. The summed E-state index contributed by atoms with van der Waals surface area (Å²) in [5.41, 5.74) is 0.236. The van der Waals surface area contributed by atoms with Gasteiger partial charge in [0.15, 0.2) is 5.82 Å². The van der Waals surface area contributed by atoms with Crippen LogP contribution in [-0.2, 0) is 4.79 Å². The minimum atomic E-state index is -4.83. The van der Waals surface area contributed by atoms with Crippen molar-refractivity contribution in [2.45, 2.75) is 38.6 Å². The number of hydrogen-bond donors (Lipinski definition) is 2. The Balaban J connectivity index is 1.61. The average Bonchev–Trinajstić information content (AvgIpc) is 3.21. The minimum Gasteiger partial charge on any atom is -0.406 e. The highest BCUT2D eigenvalue weighted by molar-refractivity contribution is 6.02. The molecule has 12 heteroatoms. The monoisotopic (exact) mass is 413 g/mol. The van der Waals surface area contributed by atoms with Crippen LogP contribution in [0.5, 0.6) is 5.75 Å². The first-order valence-corrected chi connectivity index (χ1v) is 8.70. The Morgan fingerprint density at radius 1 is 1.38 bits per heavy atom. The van der Waals surface area contributed by atoms with E-state index in [9.17, 15) is 22.8 Å². The smallest absolute Gasteiger partial charge is 0.406 e. The van der Waals surface area contributed by atoms with Gasteiger partial charge in [0.05, 0.1) is 0 Å². The Kier molecular flexibility index (Phi) is 5.62. The Hall–Kier alpha value is -3.31. The Morgan fingerprint density at radius 3 is 2.79 bits per heavy atom. The molecule has 1 aromatic heterocycles. The van der Waals surface area contributed by atoms with Crippen LogP contribution >= 0.6 is 0 Å². The molecule has 0 aliphatic carbocycles. The van der Waals surface area contributed by atoms with Crippen LogP contribution in [-0.4, -0.2) is 41.0 Å². The largest absolute Gasteiger partial charge is 0.573 e. The van der Waals surface area contributed by atoms with Gasteiger partial charge in [0, 0.05) is 24.2 Å². The number of hydrogen-bond acceptors (Lipinski definition) is 6. The van der Waals surface area contributed by atoms with Crippen molar-refractivity contribution in [2.24, 2.45) is 0 Å². The molecule has 2 N–H and O–H groups in total. The lowest BCUT2D eigenvalue weighted by molar-refractivity contribution is -0.274. The number of amides is 3. The lowest BCUT2D eigenvalue weighted by atomic mass is 10.2. The summed E-state index contributed by atoms with van der Waals surface area (Å²) in [6.45, 7) is 3.93. The highest BCUT2D eigenvalue weighted by atomic mass is 19.4. The van der Waals surface area contributed by atoms with E-state index in [2.05, 4.69) is 25.5 Å². The lowest BCUT2D eigenvalue weighted by Crippen LogP contribution is -2.43. The standard InChI is InChI=1S/C17H18F3N5O4/c1-9(2)13-22-16(29-24-13)23-15(27)21-12-6-7-25(14(12)26)10-4-3-5-11(8-10)28-17(18,19)20/h3-5,8-9,12H,6-7H2,1-2H3,(H2,21,22,23,24,27). The summed E-state index contributed by atoms with van der Waals surface area (Å²) in [4.78, 5) is 29.9.